The van der Waals surface area contributed by atoms with Crippen molar-refractivity contribution in [1.29, 1.82) is 0 Å². The minimum absolute atomic E-state index is 0.0972. The highest BCUT2D eigenvalue weighted by Crippen LogP contribution is 2.31. The zero-order valence-electron chi connectivity index (χ0n) is 19.6. The van der Waals surface area contributed by atoms with Crippen LogP contribution in [0.4, 0.5) is 10.5 Å². The molecule has 2 aromatic carbocycles. The number of hydrogen-bond acceptors (Lipinski definition) is 6. The molecular weight excluding hydrogens is 432 g/mol. The molecule has 0 saturated carbocycles. The molecule has 34 heavy (non-hydrogen) atoms. The van der Waals surface area contributed by atoms with Crippen LogP contribution >= 0.6 is 0 Å². The third kappa shape index (κ3) is 4.72. The summed E-state index contributed by atoms with van der Waals surface area (Å²) >= 11 is 0. The Bertz CT molecular complexity index is 1190. The number of pyridine rings is 1. The van der Waals surface area contributed by atoms with Crippen molar-refractivity contribution in [2.45, 2.75) is 32.4 Å². The summed E-state index contributed by atoms with van der Waals surface area (Å²) in [6.45, 7) is 5.38. The average molecular weight is 463 g/mol. The van der Waals surface area contributed by atoms with E-state index in [2.05, 4.69) is 21.7 Å². The fourth-order valence-corrected chi connectivity index (χ4v) is 4.50. The van der Waals surface area contributed by atoms with Gasteiger partial charge in [0.1, 0.15) is 13.2 Å². The second kappa shape index (κ2) is 9.77. The van der Waals surface area contributed by atoms with Crippen molar-refractivity contribution < 1.29 is 19.0 Å². The van der Waals surface area contributed by atoms with Crippen molar-refractivity contribution in [2.24, 2.45) is 0 Å². The summed E-state index contributed by atoms with van der Waals surface area (Å²) in [5.41, 5.74) is 3.71. The van der Waals surface area contributed by atoms with Gasteiger partial charge in [-0.15, -0.1) is 0 Å². The summed E-state index contributed by atoms with van der Waals surface area (Å²) in [5.74, 6) is 2.15. The van der Waals surface area contributed by atoms with Gasteiger partial charge in [0.2, 0.25) is 5.88 Å². The maximum Gasteiger partial charge on any atom is 0.321 e. The van der Waals surface area contributed by atoms with E-state index >= 15 is 0 Å². The van der Waals surface area contributed by atoms with Crippen LogP contribution in [-0.2, 0) is 6.54 Å². The van der Waals surface area contributed by atoms with Crippen LogP contribution in [-0.4, -0.2) is 55.4 Å². The van der Waals surface area contributed by atoms with E-state index in [1.54, 1.807) is 7.11 Å². The highest BCUT2D eigenvalue weighted by molar-refractivity contribution is 6.00. The van der Waals surface area contributed by atoms with Gasteiger partial charge in [-0.2, -0.15) is 0 Å². The molecule has 1 fully saturated rings. The third-order valence-corrected chi connectivity index (χ3v) is 6.48. The fourth-order valence-electron chi connectivity index (χ4n) is 4.50. The molecule has 0 atom stereocenters. The minimum Gasteiger partial charge on any atom is -0.486 e. The lowest BCUT2D eigenvalue weighted by atomic mass is 10.0. The Kier molecular flexibility index (Phi) is 6.40. The van der Waals surface area contributed by atoms with E-state index in [9.17, 15) is 4.79 Å². The van der Waals surface area contributed by atoms with E-state index in [4.69, 9.17) is 14.2 Å². The van der Waals surface area contributed by atoms with E-state index in [0.717, 1.165) is 47.4 Å². The first-order valence-corrected chi connectivity index (χ1v) is 11.7. The fraction of sp³-hybridized carbons (Fsp3) is 0.385. The summed E-state index contributed by atoms with van der Waals surface area (Å²) in [7, 11) is 1.59. The van der Waals surface area contributed by atoms with Crippen LogP contribution in [0.15, 0.2) is 42.5 Å². The number of aromatic nitrogens is 1. The van der Waals surface area contributed by atoms with Crippen LogP contribution < -0.4 is 24.8 Å². The van der Waals surface area contributed by atoms with Crippen LogP contribution in [0.5, 0.6) is 17.4 Å². The molecule has 1 aromatic heterocycles. The Labute approximate surface area is 199 Å². The molecule has 0 spiro atoms. The Hall–Kier alpha value is -3.52. The zero-order valence-corrected chi connectivity index (χ0v) is 19.6. The number of aryl methyl sites for hydroxylation is 1. The van der Waals surface area contributed by atoms with Gasteiger partial charge in [-0.25, -0.2) is 9.78 Å². The van der Waals surface area contributed by atoms with E-state index in [-0.39, 0.29) is 6.03 Å². The molecule has 5 rings (SSSR count). The zero-order chi connectivity index (χ0) is 23.5. The molecule has 2 amide bonds. The number of anilines is 1. The van der Waals surface area contributed by atoms with Gasteiger partial charge < -0.3 is 29.7 Å². The van der Waals surface area contributed by atoms with Crippen molar-refractivity contribution >= 4 is 22.6 Å². The molecule has 1 saturated heterocycles. The number of carbonyl (C=O) groups is 1. The van der Waals surface area contributed by atoms with Crippen molar-refractivity contribution in [3.05, 3.63) is 53.6 Å². The minimum atomic E-state index is -0.0972. The number of urea groups is 1. The lowest BCUT2D eigenvalue weighted by molar-refractivity contribution is 0.171. The van der Waals surface area contributed by atoms with Gasteiger partial charge >= 0.3 is 6.03 Å². The molecule has 8 heteroatoms. The number of piperidine rings is 1. The first-order chi connectivity index (χ1) is 16.6. The topological polar surface area (TPSA) is 85.0 Å². The predicted molar refractivity (Wildman–Crippen MR) is 131 cm³/mol. The molecule has 3 aromatic rings. The van der Waals surface area contributed by atoms with Gasteiger partial charge in [0.05, 0.1) is 18.3 Å². The van der Waals surface area contributed by atoms with Crippen LogP contribution in [0, 0.1) is 6.92 Å². The average Bonchev–Trinajstić information content (AvgIpc) is 2.89. The first-order valence-electron chi connectivity index (χ1n) is 11.7. The first kappa shape index (κ1) is 22.3. The normalized spacial score (nSPS) is 15.9. The smallest absolute Gasteiger partial charge is 0.321 e. The summed E-state index contributed by atoms with van der Waals surface area (Å²) in [5, 5.41) is 7.68. The van der Waals surface area contributed by atoms with E-state index in [0.29, 0.717) is 43.9 Å². The highest BCUT2D eigenvalue weighted by atomic mass is 16.6. The number of ether oxygens (including phenoxy) is 3. The molecule has 0 aliphatic carbocycles. The molecule has 8 nitrogen and oxygen atoms in total. The molecule has 0 unspecified atom stereocenters. The molecule has 0 bridgehead atoms. The molecule has 2 N–H and O–H groups in total. The van der Waals surface area contributed by atoms with Gasteiger partial charge in [0, 0.05) is 37.1 Å². The maximum absolute atomic E-state index is 13.0. The Morgan fingerprint density at radius 3 is 2.68 bits per heavy atom. The lowest BCUT2D eigenvalue weighted by Gasteiger charge is -2.32. The van der Waals surface area contributed by atoms with Crippen LogP contribution in [0.3, 0.4) is 0 Å². The number of methoxy groups -OCH3 is 1. The summed E-state index contributed by atoms with van der Waals surface area (Å²) in [4.78, 5) is 19.4. The largest absolute Gasteiger partial charge is 0.486 e. The van der Waals surface area contributed by atoms with E-state index in [1.807, 2.05) is 48.2 Å². The second-order valence-electron chi connectivity index (χ2n) is 8.73. The van der Waals surface area contributed by atoms with Crippen molar-refractivity contribution in [1.82, 2.24) is 15.2 Å². The predicted octanol–water partition coefficient (Wildman–Crippen LogP) is 4.11. The van der Waals surface area contributed by atoms with Crippen molar-refractivity contribution in [3.8, 4) is 17.4 Å². The SMILES string of the molecule is COc1ccc2c(C)ccc(NC(=O)N3CCC(NCc4ccc5c(c4)OCCO5)CC3)c2n1. The second-order valence-corrected chi connectivity index (χ2v) is 8.73. The summed E-state index contributed by atoms with van der Waals surface area (Å²) in [6, 6.07) is 14.1. The van der Waals surface area contributed by atoms with E-state index < -0.39 is 0 Å². The molecule has 3 heterocycles. The van der Waals surface area contributed by atoms with Crippen LogP contribution in [0.2, 0.25) is 0 Å². The molecule has 2 aliphatic rings. The number of nitrogens with one attached hydrogen (secondary N) is 2. The Morgan fingerprint density at radius 1 is 1.09 bits per heavy atom. The summed E-state index contributed by atoms with van der Waals surface area (Å²) < 4.78 is 16.5. The quantitative estimate of drug-likeness (QED) is 0.594. The summed E-state index contributed by atoms with van der Waals surface area (Å²) in [6.07, 6.45) is 1.80. The lowest BCUT2D eigenvalue weighted by Crippen LogP contribution is -2.46. The van der Waals surface area contributed by atoms with Gasteiger partial charge in [-0.3, -0.25) is 0 Å². The molecule has 178 valence electrons. The number of nitrogens with zero attached hydrogens (tertiary/aromatic N) is 2. The van der Waals surface area contributed by atoms with E-state index in [1.165, 1.54) is 5.56 Å². The Balaban J connectivity index is 1.16. The number of benzene rings is 2. The number of rotatable bonds is 5. The maximum atomic E-state index is 13.0. The van der Waals surface area contributed by atoms with Gasteiger partial charge in [0.15, 0.2) is 11.5 Å². The van der Waals surface area contributed by atoms with Gasteiger partial charge in [-0.1, -0.05) is 12.1 Å². The monoisotopic (exact) mass is 462 g/mol. The molecule has 0 radical (unpaired) electrons. The third-order valence-electron chi connectivity index (χ3n) is 6.48. The number of carbonyl (C=O) groups excluding carboxylic acids is 1. The van der Waals surface area contributed by atoms with Crippen molar-refractivity contribution in [2.75, 3.05) is 38.7 Å². The standard InChI is InChI=1S/C26H30N4O4/c1-17-3-6-21(25-20(17)5-8-24(29-25)32-2)28-26(31)30-11-9-19(10-12-30)27-16-18-4-7-22-23(15-18)34-14-13-33-22/h3-8,15,19,27H,9-14,16H2,1-2H3,(H,28,31). The highest BCUT2D eigenvalue weighted by Gasteiger charge is 2.23. The van der Waals surface area contributed by atoms with Gasteiger partial charge in [-0.05, 0) is 55.2 Å². The van der Waals surface area contributed by atoms with Gasteiger partial charge in [0.25, 0.3) is 0 Å². The van der Waals surface area contributed by atoms with Crippen LogP contribution in [0.1, 0.15) is 24.0 Å². The number of hydrogen-bond donors (Lipinski definition) is 2. The Morgan fingerprint density at radius 2 is 1.88 bits per heavy atom. The number of fused-ring (bicyclic) bond motifs is 2. The number of likely N-dealkylation sites (tertiary alicyclic amines) is 1. The number of amides is 2. The van der Waals surface area contributed by atoms with Crippen LogP contribution in [0.25, 0.3) is 10.9 Å². The molecular formula is C26H30N4O4. The van der Waals surface area contributed by atoms with Crippen molar-refractivity contribution in [3.63, 3.8) is 0 Å². The molecule has 2 aliphatic heterocycles.